The third-order valence-corrected chi connectivity index (χ3v) is 7.36. The summed E-state index contributed by atoms with van der Waals surface area (Å²) >= 11 is 0. The van der Waals surface area contributed by atoms with Crippen molar-refractivity contribution >= 4 is 21.4 Å². The lowest BCUT2D eigenvalue weighted by molar-refractivity contribution is -0.384. The van der Waals surface area contributed by atoms with E-state index in [0.29, 0.717) is 18.2 Å². The number of aliphatic hydroxyl groups excluding tert-OH is 1. The molecular formula is C18H27N3O5S. The fourth-order valence-corrected chi connectivity index (χ4v) is 5.29. The molecule has 2 fully saturated rings. The molecule has 8 nitrogen and oxygen atoms in total. The fourth-order valence-electron chi connectivity index (χ4n) is 4.54. The van der Waals surface area contributed by atoms with Gasteiger partial charge in [0.2, 0.25) is 10.0 Å². The van der Waals surface area contributed by atoms with E-state index in [0.717, 1.165) is 38.2 Å². The van der Waals surface area contributed by atoms with Crippen LogP contribution in [0, 0.1) is 22.0 Å². The van der Waals surface area contributed by atoms with Gasteiger partial charge in [-0.15, -0.1) is 0 Å². The molecule has 1 aliphatic heterocycles. The molecule has 0 spiro atoms. The normalized spacial score (nSPS) is 29.1. The highest BCUT2D eigenvalue weighted by Crippen LogP contribution is 2.42. The lowest BCUT2D eigenvalue weighted by Gasteiger charge is -2.40. The SMILES string of the molecule is CNS(=O)(=O)c1ccc(N2CCCC2C2CC(C)CCC2O)c([N+](=O)[O-])c1. The largest absolute Gasteiger partial charge is 0.393 e. The molecule has 1 saturated carbocycles. The predicted octanol–water partition coefficient (Wildman–Crippen LogP) is 2.27. The highest BCUT2D eigenvalue weighted by atomic mass is 32.2. The molecule has 1 aromatic rings. The van der Waals surface area contributed by atoms with Crippen LogP contribution in [-0.2, 0) is 10.0 Å². The standard InChI is InChI=1S/C18H27N3O5S/c1-12-5-8-18(22)14(10-12)15-4-3-9-20(15)16-7-6-13(27(25,26)19-2)11-17(16)21(23)24/h6-7,11-12,14-15,18-19,22H,3-5,8-10H2,1-2H3. The Morgan fingerprint density at radius 1 is 1.30 bits per heavy atom. The van der Waals surface area contributed by atoms with Crippen LogP contribution in [-0.4, -0.2) is 44.2 Å². The Bertz CT molecular complexity index is 813. The van der Waals surface area contributed by atoms with Crippen LogP contribution in [0.4, 0.5) is 11.4 Å². The van der Waals surface area contributed by atoms with Gasteiger partial charge < -0.3 is 10.0 Å². The Balaban J connectivity index is 1.98. The average molecular weight is 397 g/mol. The Morgan fingerprint density at radius 3 is 2.70 bits per heavy atom. The number of anilines is 1. The zero-order chi connectivity index (χ0) is 19.8. The van der Waals surface area contributed by atoms with Crippen molar-refractivity contribution in [1.82, 2.24) is 4.72 Å². The maximum Gasteiger partial charge on any atom is 0.293 e. The van der Waals surface area contributed by atoms with E-state index in [2.05, 4.69) is 11.6 Å². The smallest absolute Gasteiger partial charge is 0.293 e. The molecule has 3 rings (SSSR count). The number of nitrogens with one attached hydrogen (secondary N) is 1. The van der Waals surface area contributed by atoms with E-state index in [-0.39, 0.29) is 22.5 Å². The van der Waals surface area contributed by atoms with E-state index >= 15 is 0 Å². The molecule has 0 amide bonds. The van der Waals surface area contributed by atoms with Crippen LogP contribution >= 0.6 is 0 Å². The minimum absolute atomic E-state index is 0.0354. The number of hydrogen-bond donors (Lipinski definition) is 2. The van der Waals surface area contributed by atoms with Gasteiger partial charge in [0.25, 0.3) is 5.69 Å². The number of rotatable bonds is 5. The molecule has 1 heterocycles. The Morgan fingerprint density at radius 2 is 2.04 bits per heavy atom. The van der Waals surface area contributed by atoms with Gasteiger partial charge in [-0.05, 0) is 57.2 Å². The quantitative estimate of drug-likeness (QED) is 0.582. The monoisotopic (exact) mass is 397 g/mol. The summed E-state index contributed by atoms with van der Waals surface area (Å²) in [7, 11) is -2.48. The first-order valence-corrected chi connectivity index (χ1v) is 10.9. The molecule has 9 heteroatoms. The van der Waals surface area contributed by atoms with Gasteiger partial charge in [0.05, 0.1) is 15.9 Å². The van der Waals surface area contributed by atoms with Gasteiger partial charge in [-0.3, -0.25) is 10.1 Å². The summed E-state index contributed by atoms with van der Waals surface area (Å²) in [4.78, 5) is 13.0. The van der Waals surface area contributed by atoms with Crippen LogP contribution in [0.1, 0.15) is 39.0 Å². The predicted molar refractivity (Wildman–Crippen MR) is 102 cm³/mol. The van der Waals surface area contributed by atoms with Gasteiger partial charge in [0, 0.05) is 24.6 Å². The summed E-state index contributed by atoms with van der Waals surface area (Å²) in [6, 6.07) is 4.09. The van der Waals surface area contributed by atoms with Crippen LogP contribution in [0.15, 0.2) is 23.1 Å². The molecule has 0 aromatic heterocycles. The lowest BCUT2D eigenvalue weighted by atomic mass is 9.76. The maximum absolute atomic E-state index is 12.0. The molecule has 4 unspecified atom stereocenters. The summed E-state index contributed by atoms with van der Waals surface area (Å²) in [6.45, 7) is 2.85. The summed E-state index contributed by atoms with van der Waals surface area (Å²) in [5, 5.41) is 22.2. The number of sulfonamides is 1. The molecular weight excluding hydrogens is 370 g/mol. The van der Waals surface area contributed by atoms with Crippen molar-refractivity contribution in [2.45, 2.75) is 56.1 Å². The highest BCUT2D eigenvalue weighted by Gasteiger charge is 2.40. The number of aliphatic hydroxyl groups is 1. The van der Waals surface area contributed by atoms with Crippen LogP contribution < -0.4 is 9.62 Å². The Kier molecular flexibility index (Phi) is 5.73. The number of hydrogen-bond acceptors (Lipinski definition) is 6. The second kappa shape index (κ2) is 7.73. The molecule has 1 saturated heterocycles. The van der Waals surface area contributed by atoms with Crippen LogP contribution in [0.2, 0.25) is 0 Å². The first kappa shape index (κ1) is 20.0. The second-order valence-electron chi connectivity index (χ2n) is 7.67. The number of nitro groups is 1. The van der Waals surface area contributed by atoms with Crippen LogP contribution in [0.5, 0.6) is 0 Å². The van der Waals surface area contributed by atoms with E-state index in [1.54, 1.807) is 0 Å². The number of benzene rings is 1. The number of nitrogens with zero attached hydrogens (tertiary/aromatic N) is 2. The molecule has 0 radical (unpaired) electrons. The topological polar surface area (TPSA) is 113 Å². The first-order chi connectivity index (χ1) is 12.7. The summed E-state index contributed by atoms with van der Waals surface area (Å²) in [6.07, 6.45) is 4.05. The van der Waals surface area contributed by atoms with E-state index in [1.165, 1.54) is 19.2 Å². The summed E-state index contributed by atoms with van der Waals surface area (Å²) < 4.78 is 26.2. The van der Waals surface area contributed by atoms with E-state index in [4.69, 9.17) is 0 Å². The molecule has 2 N–H and O–H groups in total. The van der Waals surface area contributed by atoms with Gasteiger partial charge in [-0.2, -0.15) is 0 Å². The molecule has 27 heavy (non-hydrogen) atoms. The van der Waals surface area contributed by atoms with Crippen molar-refractivity contribution in [3.8, 4) is 0 Å². The first-order valence-electron chi connectivity index (χ1n) is 9.41. The average Bonchev–Trinajstić information content (AvgIpc) is 3.12. The van der Waals surface area contributed by atoms with Crippen molar-refractivity contribution in [1.29, 1.82) is 0 Å². The Labute approximate surface area is 159 Å². The van der Waals surface area contributed by atoms with Crippen molar-refractivity contribution in [3.63, 3.8) is 0 Å². The number of nitro benzene ring substituents is 1. The van der Waals surface area contributed by atoms with Gasteiger partial charge in [0.1, 0.15) is 5.69 Å². The molecule has 150 valence electrons. The third kappa shape index (κ3) is 3.95. The molecule has 1 aromatic carbocycles. The van der Waals surface area contributed by atoms with Crippen molar-refractivity contribution in [3.05, 3.63) is 28.3 Å². The van der Waals surface area contributed by atoms with Gasteiger partial charge in [-0.1, -0.05) is 6.92 Å². The zero-order valence-corrected chi connectivity index (χ0v) is 16.5. The van der Waals surface area contributed by atoms with Gasteiger partial charge in [0.15, 0.2) is 0 Å². The molecule has 2 aliphatic rings. The third-order valence-electron chi connectivity index (χ3n) is 5.95. The fraction of sp³-hybridized carbons (Fsp3) is 0.667. The van der Waals surface area contributed by atoms with Gasteiger partial charge in [-0.25, -0.2) is 13.1 Å². The van der Waals surface area contributed by atoms with Crippen molar-refractivity contribution < 1.29 is 18.4 Å². The van der Waals surface area contributed by atoms with Gasteiger partial charge >= 0.3 is 0 Å². The minimum atomic E-state index is -3.76. The lowest BCUT2D eigenvalue weighted by Crippen LogP contribution is -2.44. The molecule has 4 atom stereocenters. The van der Waals surface area contributed by atoms with E-state index < -0.39 is 21.1 Å². The van der Waals surface area contributed by atoms with Crippen molar-refractivity contribution in [2.75, 3.05) is 18.5 Å². The molecule has 0 bridgehead atoms. The zero-order valence-electron chi connectivity index (χ0n) is 15.7. The summed E-state index contributed by atoms with van der Waals surface area (Å²) in [5.74, 6) is 0.607. The Hall–Kier alpha value is -1.71. The van der Waals surface area contributed by atoms with Crippen molar-refractivity contribution in [2.24, 2.45) is 11.8 Å². The van der Waals surface area contributed by atoms with E-state index in [1.807, 2.05) is 4.90 Å². The molecule has 1 aliphatic carbocycles. The van der Waals surface area contributed by atoms with E-state index in [9.17, 15) is 23.6 Å². The highest BCUT2D eigenvalue weighted by molar-refractivity contribution is 7.89. The van der Waals surface area contributed by atoms with Crippen LogP contribution in [0.3, 0.4) is 0 Å². The maximum atomic E-state index is 12.0. The second-order valence-corrected chi connectivity index (χ2v) is 9.55. The minimum Gasteiger partial charge on any atom is -0.393 e. The van der Waals surface area contributed by atoms with Crippen LogP contribution in [0.25, 0.3) is 0 Å². The summed E-state index contributed by atoms with van der Waals surface area (Å²) in [5.41, 5.74) is 0.222.